The minimum atomic E-state index is -1.76. The molecular weight excluding hydrogens is 278 g/mol. The number of aliphatic hydroxyl groups excluding tert-OH is 4. The second-order valence-electron chi connectivity index (χ2n) is 4.18. The van der Waals surface area contributed by atoms with Gasteiger partial charge < -0.3 is 25.2 Å². The highest BCUT2D eigenvalue weighted by molar-refractivity contribution is 5.13. The van der Waals surface area contributed by atoms with Crippen LogP contribution >= 0.6 is 0 Å². The number of nitrogens with zero attached hydrogens (tertiary/aromatic N) is 3. The van der Waals surface area contributed by atoms with Crippen molar-refractivity contribution in [3.05, 3.63) is 57.9 Å². The molecule has 0 saturated heterocycles. The van der Waals surface area contributed by atoms with Gasteiger partial charge in [-0.1, -0.05) is 35.4 Å². The molecule has 0 radical (unpaired) electrons. The molecule has 114 valence electrons. The zero-order valence-electron chi connectivity index (χ0n) is 11.2. The number of azide groups is 1. The lowest BCUT2D eigenvalue weighted by Crippen LogP contribution is -2.22. The molecule has 0 spiro atoms. The Morgan fingerprint density at radius 2 is 1.86 bits per heavy atom. The summed E-state index contributed by atoms with van der Waals surface area (Å²) in [6, 6.07) is 8.93. The Bertz CT molecular complexity index is 514. The summed E-state index contributed by atoms with van der Waals surface area (Å²) in [5.41, 5.74) is 8.86. The van der Waals surface area contributed by atoms with Gasteiger partial charge in [0.1, 0.15) is 6.10 Å². The molecule has 2 atom stereocenters. The van der Waals surface area contributed by atoms with Gasteiger partial charge >= 0.3 is 0 Å². The van der Waals surface area contributed by atoms with Crippen molar-refractivity contribution in [3.63, 3.8) is 0 Å². The first-order valence-corrected chi connectivity index (χ1v) is 6.20. The maximum atomic E-state index is 9.59. The highest BCUT2D eigenvalue weighted by Crippen LogP contribution is 2.13. The fourth-order valence-electron chi connectivity index (χ4n) is 1.49. The second-order valence-corrected chi connectivity index (χ2v) is 4.18. The number of hydrogen-bond acceptors (Lipinski definition) is 6. The number of benzene rings is 1. The van der Waals surface area contributed by atoms with E-state index in [0.717, 1.165) is 5.56 Å². The lowest BCUT2D eigenvalue weighted by atomic mass is 10.2. The maximum Gasteiger partial charge on any atom is 0.217 e. The number of aliphatic hydroxyl groups is 4. The van der Waals surface area contributed by atoms with Crippen LogP contribution in [0.3, 0.4) is 0 Å². The van der Waals surface area contributed by atoms with Crippen LogP contribution in [0.2, 0.25) is 0 Å². The lowest BCUT2D eigenvalue weighted by molar-refractivity contribution is -0.107. The van der Waals surface area contributed by atoms with E-state index in [1.165, 1.54) is 0 Å². The van der Waals surface area contributed by atoms with Gasteiger partial charge in [-0.05, 0) is 17.5 Å². The van der Waals surface area contributed by atoms with Crippen molar-refractivity contribution in [1.29, 1.82) is 0 Å². The molecule has 0 aliphatic carbocycles. The molecule has 1 aromatic rings. The molecule has 1 rings (SSSR count). The molecule has 0 aliphatic rings. The summed E-state index contributed by atoms with van der Waals surface area (Å²) < 4.78 is 4.98. The molecule has 0 aromatic heterocycles. The predicted octanol–water partition coefficient (Wildman–Crippen LogP) is 1.91. The third-order valence-corrected chi connectivity index (χ3v) is 2.63. The van der Waals surface area contributed by atoms with Crippen LogP contribution in [0.25, 0.3) is 10.4 Å². The van der Waals surface area contributed by atoms with Crippen molar-refractivity contribution in [1.82, 2.24) is 0 Å². The van der Waals surface area contributed by atoms with E-state index in [2.05, 4.69) is 10.0 Å². The summed E-state index contributed by atoms with van der Waals surface area (Å²) >= 11 is 0. The third-order valence-electron chi connectivity index (χ3n) is 2.63. The molecule has 0 heterocycles. The first-order chi connectivity index (χ1) is 10.1. The Balaban J connectivity index is 2.56. The van der Waals surface area contributed by atoms with Crippen LogP contribution in [0.4, 0.5) is 0 Å². The van der Waals surface area contributed by atoms with Crippen LogP contribution in [0.1, 0.15) is 12.0 Å². The van der Waals surface area contributed by atoms with Crippen molar-refractivity contribution in [3.8, 4) is 0 Å². The van der Waals surface area contributed by atoms with Crippen molar-refractivity contribution in [2.75, 3.05) is 6.54 Å². The van der Waals surface area contributed by atoms with Crippen molar-refractivity contribution >= 4 is 0 Å². The van der Waals surface area contributed by atoms with E-state index in [1.54, 1.807) is 24.3 Å². The van der Waals surface area contributed by atoms with Gasteiger partial charge in [-0.15, -0.1) is 0 Å². The predicted molar refractivity (Wildman–Crippen MR) is 74.2 cm³/mol. The van der Waals surface area contributed by atoms with Crippen LogP contribution in [0.5, 0.6) is 0 Å². The van der Waals surface area contributed by atoms with Crippen LogP contribution in [0.15, 0.2) is 47.0 Å². The monoisotopic (exact) mass is 295 g/mol. The Labute approximate surface area is 121 Å². The summed E-state index contributed by atoms with van der Waals surface area (Å²) in [5, 5.41) is 41.4. The largest absolute Gasteiger partial charge is 0.506 e. The Morgan fingerprint density at radius 1 is 1.19 bits per heavy atom. The zero-order valence-corrected chi connectivity index (χ0v) is 11.2. The average molecular weight is 295 g/mol. The summed E-state index contributed by atoms with van der Waals surface area (Å²) in [6.45, 7) is -0.0376. The summed E-state index contributed by atoms with van der Waals surface area (Å²) in [5.74, 6) is -1.69. The normalized spacial score (nSPS) is 14.8. The van der Waals surface area contributed by atoms with E-state index in [9.17, 15) is 20.4 Å². The average Bonchev–Trinajstić information content (AvgIpc) is 2.52. The molecule has 1 aromatic carbocycles. The highest BCUT2D eigenvalue weighted by Gasteiger charge is 2.21. The molecular formula is C13H17N3O5. The van der Waals surface area contributed by atoms with Gasteiger partial charge in [-0.2, -0.15) is 0 Å². The smallest absolute Gasteiger partial charge is 0.217 e. The van der Waals surface area contributed by atoms with Gasteiger partial charge in [0, 0.05) is 11.5 Å². The maximum absolute atomic E-state index is 9.59. The fraction of sp³-hybridized carbons (Fsp3) is 0.385. The summed E-state index contributed by atoms with van der Waals surface area (Å²) in [4.78, 5) is 2.49. The Hall–Kier alpha value is -2.25. The molecule has 4 N–H and O–H groups in total. The van der Waals surface area contributed by atoms with Crippen molar-refractivity contribution in [2.45, 2.75) is 25.4 Å². The molecule has 0 bridgehead atoms. The highest BCUT2D eigenvalue weighted by atomic mass is 16.6. The minimum Gasteiger partial charge on any atom is -0.506 e. The van der Waals surface area contributed by atoms with Gasteiger partial charge in [-0.25, -0.2) is 0 Å². The van der Waals surface area contributed by atoms with Crippen molar-refractivity contribution in [2.24, 2.45) is 5.11 Å². The third kappa shape index (κ3) is 5.72. The number of ether oxygens (including phenoxy) is 1. The Kier molecular flexibility index (Phi) is 7.06. The lowest BCUT2D eigenvalue weighted by Gasteiger charge is -2.15. The van der Waals surface area contributed by atoms with Gasteiger partial charge in [0.15, 0.2) is 11.5 Å². The van der Waals surface area contributed by atoms with Crippen LogP contribution < -0.4 is 0 Å². The van der Waals surface area contributed by atoms with Gasteiger partial charge in [0.05, 0.1) is 6.61 Å². The molecule has 0 saturated carbocycles. The van der Waals surface area contributed by atoms with E-state index in [-0.39, 0.29) is 19.6 Å². The van der Waals surface area contributed by atoms with E-state index in [1.807, 2.05) is 6.07 Å². The van der Waals surface area contributed by atoms with Gasteiger partial charge in [0.2, 0.25) is 6.29 Å². The first kappa shape index (κ1) is 16.8. The molecule has 0 fully saturated rings. The zero-order chi connectivity index (χ0) is 15.7. The van der Waals surface area contributed by atoms with Crippen LogP contribution in [-0.2, 0) is 11.3 Å². The standard InChI is InChI=1S/C13H17N3O5/c14-16-15-7-6-10(17)11(18)12(19)13(20)21-8-9-4-2-1-3-5-9/h1-5,10,13,17-20H,6-8H2/b12-11+. The van der Waals surface area contributed by atoms with Gasteiger partial charge in [0.25, 0.3) is 0 Å². The molecule has 0 amide bonds. The molecule has 2 unspecified atom stereocenters. The van der Waals surface area contributed by atoms with Crippen molar-refractivity contribution < 1.29 is 25.2 Å². The SMILES string of the molecule is [N-]=[N+]=NCCC(O)/C(O)=C(\O)C(O)OCc1ccccc1. The summed E-state index contributed by atoms with van der Waals surface area (Å²) in [6.07, 6.45) is -3.31. The number of hydrogen-bond donors (Lipinski definition) is 4. The van der Waals surface area contributed by atoms with E-state index in [0.29, 0.717) is 0 Å². The first-order valence-electron chi connectivity index (χ1n) is 6.20. The fourth-order valence-corrected chi connectivity index (χ4v) is 1.49. The summed E-state index contributed by atoms with van der Waals surface area (Å²) in [7, 11) is 0. The minimum absolute atomic E-state index is 0.0220. The molecule has 0 aliphatic heterocycles. The van der Waals surface area contributed by atoms with Crippen LogP contribution in [0, 0.1) is 0 Å². The topological polar surface area (TPSA) is 139 Å². The van der Waals surface area contributed by atoms with E-state index in [4.69, 9.17) is 10.3 Å². The second kappa shape index (κ2) is 8.83. The molecule has 8 nitrogen and oxygen atoms in total. The van der Waals surface area contributed by atoms with Gasteiger partial charge in [-0.3, -0.25) is 0 Å². The van der Waals surface area contributed by atoms with E-state index >= 15 is 0 Å². The van der Waals surface area contributed by atoms with Crippen LogP contribution in [-0.4, -0.2) is 39.4 Å². The molecule has 8 heteroatoms. The van der Waals surface area contributed by atoms with E-state index < -0.39 is 23.9 Å². The Morgan fingerprint density at radius 3 is 2.48 bits per heavy atom. The quantitative estimate of drug-likeness (QED) is 0.191. The molecule has 21 heavy (non-hydrogen) atoms. The number of rotatable bonds is 8.